The van der Waals surface area contributed by atoms with Crippen molar-refractivity contribution in [1.82, 2.24) is 9.80 Å². The average molecular weight is 330 g/mol. The fraction of sp³-hybridized carbons (Fsp3) is 0.579. The number of ether oxygens (including phenoxy) is 1. The standard InChI is InChI=1S/C19H26N2O3/c1-2-16-14-20(12-13-24-16)19(23)17-10-6-7-11-21(17)18(22)15-8-4-3-5-9-15/h3-5,8-9,16-17H,2,6-7,10-14H2,1H3/t16-,17+/m0/s1. The van der Waals surface area contributed by atoms with Gasteiger partial charge in [0.1, 0.15) is 6.04 Å². The Hall–Kier alpha value is -1.88. The van der Waals surface area contributed by atoms with E-state index in [1.54, 1.807) is 4.90 Å². The summed E-state index contributed by atoms with van der Waals surface area (Å²) in [4.78, 5) is 29.5. The molecule has 0 saturated carbocycles. The second-order valence-electron chi connectivity index (χ2n) is 6.56. The Morgan fingerprint density at radius 3 is 2.71 bits per heavy atom. The summed E-state index contributed by atoms with van der Waals surface area (Å²) in [5, 5.41) is 0. The van der Waals surface area contributed by atoms with Gasteiger partial charge in [0.15, 0.2) is 0 Å². The molecular formula is C19H26N2O3. The van der Waals surface area contributed by atoms with Crippen LogP contribution < -0.4 is 0 Å². The monoisotopic (exact) mass is 330 g/mol. The van der Waals surface area contributed by atoms with Crippen LogP contribution >= 0.6 is 0 Å². The molecule has 0 radical (unpaired) electrons. The van der Waals surface area contributed by atoms with Gasteiger partial charge in [0.2, 0.25) is 5.91 Å². The van der Waals surface area contributed by atoms with Crippen molar-refractivity contribution in [2.45, 2.75) is 44.8 Å². The molecule has 2 amide bonds. The zero-order chi connectivity index (χ0) is 16.9. The first-order valence-corrected chi connectivity index (χ1v) is 8.97. The summed E-state index contributed by atoms with van der Waals surface area (Å²) in [7, 11) is 0. The lowest BCUT2D eigenvalue weighted by Crippen LogP contribution is -2.56. The van der Waals surface area contributed by atoms with Gasteiger partial charge in [-0.05, 0) is 37.8 Å². The highest BCUT2D eigenvalue weighted by Gasteiger charge is 2.36. The lowest BCUT2D eigenvalue weighted by molar-refractivity contribution is -0.144. The van der Waals surface area contributed by atoms with E-state index in [-0.39, 0.29) is 24.0 Å². The molecule has 2 fully saturated rings. The second-order valence-corrected chi connectivity index (χ2v) is 6.56. The lowest BCUT2D eigenvalue weighted by Gasteiger charge is -2.40. The highest BCUT2D eigenvalue weighted by molar-refractivity contribution is 5.97. The Balaban J connectivity index is 1.74. The van der Waals surface area contributed by atoms with Crippen LogP contribution in [0, 0.1) is 0 Å². The van der Waals surface area contributed by atoms with Crippen molar-refractivity contribution in [3.63, 3.8) is 0 Å². The highest BCUT2D eigenvalue weighted by Crippen LogP contribution is 2.22. The largest absolute Gasteiger partial charge is 0.375 e. The quantitative estimate of drug-likeness (QED) is 0.854. The molecule has 5 heteroatoms. The number of morpholine rings is 1. The Morgan fingerprint density at radius 1 is 1.17 bits per heavy atom. The molecule has 24 heavy (non-hydrogen) atoms. The highest BCUT2D eigenvalue weighted by atomic mass is 16.5. The number of nitrogens with zero attached hydrogens (tertiary/aromatic N) is 2. The lowest BCUT2D eigenvalue weighted by atomic mass is 9.99. The third-order valence-corrected chi connectivity index (χ3v) is 4.98. The molecule has 0 aliphatic carbocycles. The maximum absolute atomic E-state index is 13.0. The first kappa shape index (κ1) is 17.0. The molecule has 1 aromatic rings. The number of carbonyl (C=O) groups excluding carboxylic acids is 2. The van der Waals surface area contributed by atoms with Gasteiger partial charge in [0, 0.05) is 25.2 Å². The normalized spacial score (nSPS) is 24.7. The first-order valence-electron chi connectivity index (χ1n) is 8.97. The molecule has 0 spiro atoms. The zero-order valence-corrected chi connectivity index (χ0v) is 14.3. The van der Waals surface area contributed by atoms with Gasteiger partial charge < -0.3 is 14.5 Å². The van der Waals surface area contributed by atoms with Crippen molar-refractivity contribution >= 4 is 11.8 Å². The van der Waals surface area contributed by atoms with Gasteiger partial charge in [0.25, 0.3) is 5.91 Å². The minimum atomic E-state index is -0.331. The smallest absolute Gasteiger partial charge is 0.254 e. The Kier molecular flexibility index (Phi) is 5.51. The van der Waals surface area contributed by atoms with Gasteiger partial charge in [-0.25, -0.2) is 0 Å². The van der Waals surface area contributed by atoms with Crippen molar-refractivity contribution in [3.05, 3.63) is 35.9 Å². The molecule has 130 valence electrons. The molecule has 0 bridgehead atoms. The van der Waals surface area contributed by atoms with Gasteiger partial charge in [-0.15, -0.1) is 0 Å². The number of likely N-dealkylation sites (tertiary alicyclic amines) is 1. The number of carbonyl (C=O) groups is 2. The average Bonchev–Trinajstić information content (AvgIpc) is 2.67. The van der Waals surface area contributed by atoms with Crippen molar-refractivity contribution in [3.8, 4) is 0 Å². The first-order chi connectivity index (χ1) is 11.7. The van der Waals surface area contributed by atoms with Crippen molar-refractivity contribution in [2.75, 3.05) is 26.2 Å². The molecule has 2 aliphatic rings. The number of amides is 2. The van der Waals surface area contributed by atoms with E-state index in [1.807, 2.05) is 35.2 Å². The van der Waals surface area contributed by atoms with Crippen LogP contribution in [0.2, 0.25) is 0 Å². The maximum atomic E-state index is 13.0. The van der Waals surface area contributed by atoms with E-state index in [1.165, 1.54) is 0 Å². The summed E-state index contributed by atoms with van der Waals surface area (Å²) < 4.78 is 5.66. The van der Waals surface area contributed by atoms with E-state index >= 15 is 0 Å². The summed E-state index contributed by atoms with van der Waals surface area (Å²) in [6.07, 6.45) is 3.73. The Labute approximate surface area is 143 Å². The summed E-state index contributed by atoms with van der Waals surface area (Å²) in [6, 6.07) is 8.93. The molecule has 2 heterocycles. The maximum Gasteiger partial charge on any atom is 0.254 e. The van der Waals surface area contributed by atoms with Crippen LogP contribution in [0.15, 0.2) is 30.3 Å². The predicted octanol–water partition coefficient (Wildman–Crippen LogP) is 2.32. The topological polar surface area (TPSA) is 49.9 Å². The molecular weight excluding hydrogens is 304 g/mol. The van der Waals surface area contributed by atoms with Crippen molar-refractivity contribution < 1.29 is 14.3 Å². The van der Waals surface area contributed by atoms with E-state index in [4.69, 9.17) is 4.74 Å². The third-order valence-electron chi connectivity index (χ3n) is 4.98. The molecule has 2 atom stereocenters. The van der Waals surface area contributed by atoms with Crippen LogP contribution in [0.1, 0.15) is 43.0 Å². The molecule has 0 unspecified atom stereocenters. The fourth-order valence-electron chi connectivity index (χ4n) is 3.56. The van der Waals surface area contributed by atoms with E-state index in [2.05, 4.69) is 6.92 Å². The Bertz CT molecular complexity index is 575. The predicted molar refractivity (Wildman–Crippen MR) is 91.7 cm³/mol. The zero-order valence-electron chi connectivity index (χ0n) is 14.3. The van der Waals surface area contributed by atoms with Crippen LogP contribution in [0.3, 0.4) is 0 Å². The second kappa shape index (κ2) is 7.79. The van der Waals surface area contributed by atoms with Gasteiger partial charge in [-0.1, -0.05) is 25.1 Å². The number of rotatable bonds is 3. The van der Waals surface area contributed by atoms with Crippen molar-refractivity contribution in [1.29, 1.82) is 0 Å². The third kappa shape index (κ3) is 3.61. The van der Waals surface area contributed by atoms with Gasteiger partial charge in [0.05, 0.1) is 12.7 Å². The van der Waals surface area contributed by atoms with E-state index in [0.29, 0.717) is 31.8 Å². The minimum absolute atomic E-state index is 0.0334. The molecule has 3 rings (SSSR count). The van der Waals surface area contributed by atoms with Crippen molar-refractivity contribution in [2.24, 2.45) is 0 Å². The number of hydrogen-bond donors (Lipinski definition) is 0. The van der Waals surface area contributed by atoms with E-state index < -0.39 is 0 Å². The molecule has 0 aromatic heterocycles. The fourth-order valence-corrected chi connectivity index (χ4v) is 3.56. The number of benzene rings is 1. The number of piperidine rings is 1. The van der Waals surface area contributed by atoms with Crippen LogP contribution in [0.25, 0.3) is 0 Å². The SMILES string of the molecule is CC[C@H]1CN(C(=O)[C@H]2CCCCN2C(=O)c2ccccc2)CCO1. The van der Waals surface area contributed by atoms with Gasteiger partial charge in [-0.3, -0.25) is 9.59 Å². The summed E-state index contributed by atoms with van der Waals surface area (Å²) >= 11 is 0. The number of hydrogen-bond acceptors (Lipinski definition) is 3. The van der Waals surface area contributed by atoms with Crippen LogP contribution in [0.4, 0.5) is 0 Å². The van der Waals surface area contributed by atoms with Crippen LogP contribution in [0.5, 0.6) is 0 Å². The molecule has 5 nitrogen and oxygen atoms in total. The summed E-state index contributed by atoms with van der Waals surface area (Å²) in [5.74, 6) is 0.0506. The summed E-state index contributed by atoms with van der Waals surface area (Å²) in [5.41, 5.74) is 0.658. The molecule has 1 aromatic carbocycles. The molecule has 2 aliphatic heterocycles. The summed E-state index contributed by atoms with van der Waals surface area (Å²) in [6.45, 7) is 4.58. The van der Waals surface area contributed by atoms with Crippen LogP contribution in [-0.2, 0) is 9.53 Å². The van der Waals surface area contributed by atoms with E-state index in [0.717, 1.165) is 25.7 Å². The molecule has 2 saturated heterocycles. The van der Waals surface area contributed by atoms with Gasteiger partial charge >= 0.3 is 0 Å². The van der Waals surface area contributed by atoms with Gasteiger partial charge in [-0.2, -0.15) is 0 Å². The Morgan fingerprint density at radius 2 is 1.96 bits per heavy atom. The van der Waals surface area contributed by atoms with E-state index in [9.17, 15) is 9.59 Å². The minimum Gasteiger partial charge on any atom is -0.375 e. The molecule has 0 N–H and O–H groups in total. The van der Waals surface area contributed by atoms with Crippen LogP contribution in [-0.4, -0.2) is 60.0 Å².